The Morgan fingerprint density at radius 1 is 1.57 bits per heavy atom. The third kappa shape index (κ3) is 1.51. The third-order valence-corrected chi connectivity index (χ3v) is 3.29. The van der Waals surface area contributed by atoms with Crippen LogP contribution in [0.2, 0.25) is 0 Å². The first-order valence-electron chi connectivity index (χ1n) is 3.75. The number of carbonyl (C=O) groups is 1. The Morgan fingerprint density at radius 2 is 2.29 bits per heavy atom. The molecule has 0 spiro atoms. The van der Waals surface area contributed by atoms with Crippen LogP contribution in [0, 0.1) is 6.92 Å². The van der Waals surface area contributed by atoms with Gasteiger partial charge in [-0.1, -0.05) is 0 Å². The van der Waals surface area contributed by atoms with Gasteiger partial charge in [-0.2, -0.15) is 0 Å². The van der Waals surface area contributed by atoms with E-state index >= 15 is 0 Å². The number of hydrogen-bond acceptors (Lipinski definition) is 4. The average molecular weight is 273 g/mol. The van der Waals surface area contributed by atoms with Gasteiger partial charge in [-0.15, -0.1) is 11.3 Å². The maximum Gasteiger partial charge on any atom is 0.345 e. The molecule has 72 valence electrons. The largest absolute Gasteiger partial charge is 0.477 e. The maximum absolute atomic E-state index is 10.7. The number of hydrogen-bond donors (Lipinski definition) is 1. The molecule has 14 heavy (non-hydrogen) atoms. The Kier molecular flexibility index (Phi) is 2.24. The standard InChI is InChI=1S/C8H5BrN2O2S/c1-3-10-6(9)4-2-5(8(12)13)14-7(4)11-3/h2H,1H3,(H,12,13). The Bertz CT molecular complexity index is 523. The normalized spacial score (nSPS) is 10.7. The van der Waals surface area contributed by atoms with Gasteiger partial charge in [-0.05, 0) is 28.9 Å². The van der Waals surface area contributed by atoms with Crippen LogP contribution >= 0.6 is 27.3 Å². The van der Waals surface area contributed by atoms with Gasteiger partial charge < -0.3 is 5.11 Å². The van der Waals surface area contributed by atoms with Gasteiger partial charge in [-0.25, -0.2) is 14.8 Å². The van der Waals surface area contributed by atoms with E-state index in [1.54, 1.807) is 13.0 Å². The first-order chi connectivity index (χ1) is 6.58. The van der Waals surface area contributed by atoms with Crippen molar-refractivity contribution in [1.29, 1.82) is 0 Å². The minimum Gasteiger partial charge on any atom is -0.477 e. The molecule has 2 aromatic heterocycles. The lowest BCUT2D eigenvalue weighted by Crippen LogP contribution is -1.89. The molecule has 0 aliphatic heterocycles. The van der Waals surface area contributed by atoms with E-state index in [0.717, 1.165) is 16.7 Å². The molecule has 0 radical (unpaired) electrons. The van der Waals surface area contributed by atoms with Gasteiger partial charge in [0.05, 0.1) is 0 Å². The number of carboxylic acid groups (broad SMARTS) is 1. The minimum atomic E-state index is -0.933. The van der Waals surface area contributed by atoms with Crippen molar-refractivity contribution in [2.24, 2.45) is 0 Å². The van der Waals surface area contributed by atoms with E-state index in [1.807, 2.05) is 0 Å². The summed E-state index contributed by atoms with van der Waals surface area (Å²) >= 11 is 4.43. The molecular weight excluding hydrogens is 268 g/mol. The summed E-state index contributed by atoms with van der Waals surface area (Å²) in [6, 6.07) is 1.58. The van der Waals surface area contributed by atoms with Gasteiger partial charge in [0.15, 0.2) is 0 Å². The van der Waals surface area contributed by atoms with Crippen molar-refractivity contribution in [3.8, 4) is 0 Å². The van der Waals surface area contributed by atoms with Crippen molar-refractivity contribution < 1.29 is 9.90 Å². The molecule has 6 heteroatoms. The summed E-state index contributed by atoms with van der Waals surface area (Å²) in [5, 5.41) is 9.54. The summed E-state index contributed by atoms with van der Waals surface area (Å²) in [4.78, 5) is 19.9. The molecule has 0 unspecified atom stereocenters. The summed E-state index contributed by atoms with van der Waals surface area (Å²) in [6.45, 7) is 1.77. The van der Waals surface area contributed by atoms with Crippen LogP contribution in [0.3, 0.4) is 0 Å². The first kappa shape index (κ1) is 9.54. The molecule has 0 amide bonds. The summed E-state index contributed by atoms with van der Waals surface area (Å²) in [7, 11) is 0. The smallest absolute Gasteiger partial charge is 0.345 e. The van der Waals surface area contributed by atoms with Crippen LogP contribution in [0.25, 0.3) is 10.2 Å². The highest BCUT2D eigenvalue weighted by Crippen LogP contribution is 2.28. The molecule has 1 N–H and O–H groups in total. The van der Waals surface area contributed by atoms with E-state index in [4.69, 9.17) is 5.11 Å². The van der Waals surface area contributed by atoms with Crippen molar-refractivity contribution in [2.45, 2.75) is 6.92 Å². The lowest BCUT2D eigenvalue weighted by molar-refractivity contribution is 0.0702. The summed E-state index contributed by atoms with van der Waals surface area (Å²) in [6.07, 6.45) is 0. The average Bonchev–Trinajstić information content (AvgIpc) is 2.47. The molecule has 0 saturated carbocycles. The molecule has 0 aromatic carbocycles. The molecule has 2 heterocycles. The second kappa shape index (κ2) is 3.29. The van der Waals surface area contributed by atoms with E-state index in [2.05, 4.69) is 25.9 Å². The topological polar surface area (TPSA) is 63.1 Å². The van der Waals surface area contributed by atoms with E-state index in [9.17, 15) is 4.79 Å². The Hall–Kier alpha value is -1.01. The highest BCUT2D eigenvalue weighted by molar-refractivity contribution is 9.10. The predicted octanol–water partition coefficient (Wildman–Crippen LogP) is 2.46. The van der Waals surface area contributed by atoms with Crippen LogP contribution in [-0.4, -0.2) is 21.0 Å². The second-order valence-electron chi connectivity index (χ2n) is 2.70. The molecule has 0 bridgehead atoms. The number of halogens is 1. The van der Waals surface area contributed by atoms with E-state index in [0.29, 0.717) is 15.3 Å². The number of fused-ring (bicyclic) bond motifs is 1. The van der Waals surface area contributed by atoms with Gasteiger partial charge in [0.25, 0.3) is 0 Å². The van der Waals surface area contributed by atoms with Gasteiger partial charge in [-0.3, -0.25) is 0 Å². The summed E-state index contributed by atoms with van der Waals surface area (Å²) in [5.41, 5.74) is 0. The van der Waals surface area contributed by atoms with E-state index in [-0.39, 0.29) is 4.88 Å². The first-order valence-corrected chi connectivity index (χ1v) is 5.36. The molecule has 4 nitrogen and oxygen atoms in total. The number of aromatic nitrogens is 2. The maximum atomic E-state index is 10.7. The SMILES string of the molecule is Cc1nc(Br)c2cc(C(=O)O)sc2n1. The van der Waals surface area contributed by atoms with Crippen molar-refractivity contribution in [3.63, 3.8) is 0 Å². The predicted molar refractivity (Wildman–Crippen MR) is 56.8 cm³/mol. The molecule has 0 aliphatic carbocycles. The van der Waals surface area contributed by atoms with Crippen LogP contribution in [0.15, 0.2) is 10.7 Å². The Labute approximate surface area is 91.7 Å². The minimum absolute atomic E-state index is 0.278. The van der Waals surface area contributed by atoms with Crippen molar-refractivity contribution >= 4 is 43.5 Å². The molecule has 0 fully saturated rings. The number of rotatable bonds is 1. The molecule has 2 rings (SSSR count). The molecule has 0 saturated heterocycles. The zero-order valence-electron chi connectivity index (χ0n) is 7.11. The lowest BCUT2D eigenvalue weighted by Gasteiger charge is -1.93. The molecule has 2 aromatic rings. The third-order valence-electron chi connectivity index (χ3n) is 1.67. The number of aromatic carboxylic acids is 1. The quantitative estimate of drug-likeness (QED) is 0.810. The van der Waals surface area contributed by atoms with Gasteiger partial charge in [0, 0.05) is 5.39 Å². The monoisotopic (exact) mass is 272 g/mol. The van der Waals surface area contributed by atoms with Crippen LogP contribution < -0.4 is 0 Å². The summed E-state index contributed by atoms with van der Waals surface area (Å²) in [5.74, 6) is -0.305. The van der Waals surface area contributed by atoms with E-state index in [1.165, 1.54) is 0 Å². The Balaban J connectivity index is 2.76. The van der Waals surface area contributed by atoms with Crippen molar-refractivity contribution in [2.75, 3.05) is 0 Å². The highest BCUT2D eigenvalue weighted by atomic mass is 79.9. The summed E-state index contributed by atoms with van der Waals surface area (Å²) < 4.78 is 0.642. The second-order valence-corrected chi connectivity index (χ2v) is 4.48. The van der Waals surface area contributed by atoms with Gasteiger partial charge in [0.2, 0.25) is 0 Å². The van der Waals surface area contributed by atoms with Crippen LogP contribution in [0.4, 0.5) is 0 Å². The van der Waals surface area contributed by atoms with Crippen LogP contribution in [0.5, 0.6) is 0 Å². The fourth-order valence-corrected chi connectivity index (χ4v) is 2.70. The van der Waals surface area contributed by atoms with Gasteiger partial charge in [0.1, 0.15) is 20.1 Å². The number of thiophene rings is 1. The highest BCUT2D eigenvalue weighted by Gasteiger charge is 2.12. The fourth-order valence-electron chi connectivity index (χ4n) is 1.09. The number of aryl methyl sites for hydroxylation is 1. The van der Waals surface area contributed by atoms with Crippen molar-refractivity contribution in [3.05, 3.63) is 21.4 Å². The Morgan fingerprint density at radius 3 is 2.93 bits per heavy atom. The molecule has 0 aliphatic rings. The van der Waals surface area contributed by atoms with Gasteiger partial charge >= 0.3 is 5.97 Å². The van der Waals surface area contributed by atoms with Crippen LogP contribution in [0.1, 0.15) is 15.5 Å². The lowest BCUT2D eigenvalue weighted by atomic mass is 10.3. The van der Waals surface area contributed by atoms with E-state index < -0.39 is 5.97 Å². The number of carboxylic acids is 1. The zero-order valence-corrected chi connectivity index (χ0v) is 9.52. The molecular formula is C8H5BrN2O2S. The number of nitrogens with zero attached hydrogens (tertiary/aromatic N) is 2. The fraction of sp³-hybridized carbons (Fsp3) is 0.125. The molecule has 0 atom stereocenters. The zero-order chi connectivity index (χ0) is 10.3. The van der Waals surface area contributed by atoms with Crippen molar-refractivity contribution in [1.82, 2.24) is 9.97 Å². The van der Waals surface area contributed by atoms with Crippen LogP contribution in [-0.2, 0) is 0 Å².